The lowest BCUT2D eigenvalue weighted by molar-refractivity contribution is 0.794. The molecule has 2 aliphatic carbocycles. The van der Waals surface area contributed by atoms with Crippen LogP contribution >= 0.6 is 0 Å². The standard InChI is InChI=1S/C71H45N/c1-2-18-46(19-3-1)49-22-16-23-50(42-49)47-36-38-51(39-37-47)72(52-40-41-59-57-27-7-6-25-55(57)56-26-8-9-28-58(56)63(59)43-52)70-45-69-64(44-65(70)54-32-17-21-48-20-4-5-24-53(48)54)62-31-12-15-35-68(62)71(69)66-33-13-10-29-60(66)61-30-11-14-34-67(61)71/h1-45H. The predicted molar refractivity (Wildman–Crippen MR) is 304 cm³/mol. The van der Waals surface area contributed by atoms with Crippen LogP contribution in [0.2, 0.25) is 0 Å². The van der Waals surface area contributed by atoms with Gasteiger partial charge >= 0.3 is 0 Å². The van der Waals surface area contributed by atoms with Gasteiger partial charge < -0.3 is 4.90 Å². The summed E-state index contributed by atoms with van der Waals surface area (Å²) in [5.74, 6) is 0. The van der Waals surface area contributed by atoms with Crippen molar-refractivity contribution in [3.05, 3.63) is 295 Å². The number of benzene rings is 13. The van der Waals surface area contributed by atoms with Crippen LogP contribution in [0.25, 0.3) is 98.7 Å². The average molecular weight is 912 g/mol. The molecule has 0 unspecified atom stereocenters. The van der Waals surface area contributed by atoms with Crippen molar-refractivity contribution < 1.29 is 0 Å². The zero-order valence-corrected chi connectivity index (χ0v) is 39.4. The summed E-state index contributed by atoms with van der Waals surface area (Å²) in [6, 6.07) is 102. The van der Waals surface area contributed by atoms with Gasteiger partial charge in [-0.25, -0.2) is 0 Å². The van der Waals surface area contributed by atoms with Crippen molar-refractivity contribution in [2.45, 2.75) is 5.41 Å². The van der Waals surface area contributed by atoms with Crippen LogP contribution in [0.5, 0.6) is 0 Å². The molecule has 0 fully saturated rings. The van der Waals surface area contributed by atoms with E-state index in [1.165, 1.54) is 121 Å². The highest BCUT2D eigenvalue weighted by atomic mass is 15.1. The fourth-order valence-electron chi connectivity index (χ4n) is 12.8. The fraction of sp³-hybridized carbons (Fsp3) is 0.0141. The summed E-state index contributed by atoms with van der Waals surface area (Å²) in [7, 11) is 0. The first-order valence-electron chi connectivity index (χ1n) is 25.1. The first kappa shape index (κ1) is 40.6. The molecule has 13 aromatic carbocycles. The van der Waals surface area contributed by atoms with Gasteiger partial charge in [-0.15, -0.1) is 0 Å². The molecule has 1 spiro atoms. The molecule has 1 nitrogen and oxygen atoms in total. The molecule has 0 heterocycles. The molecule has 0 atom stereocenters. The van der Waals surface area contributed by atoms with Crippen LogP contribution < -0.4 is 4.90 Å². The molecule has 0 saturated carbocycles. The second kappa shape index (κ2) is 15.9. The van der Waals surface area contributed by atoms with E-state index in [9.17, 15) is 0 Å². The normalized spacial score (nSPS) is 12.8. The average Bonchev–Trinajstić information content (AvgIpc) is 3.92. The van der Waals surface area contributed by atoms with Crippen molar-refractivity contribution in [3.8, 4) is 55.6 Å². The SMILES string of the molecule is c1ccc(-c2cccc(-c3ccc(N(c4ccc5c6ccccc6c6ccccc6c5c4)c4cc5c(cc4-c4cccc6ccccc46)-c4ccccc4C54c5ccccc5-c5ccccc54)cc3)c2)cc1. The molecular formula is C71H45N. The Morgan fingerprint density at radius 3 is 1.31 bits per heavy atom. The summed E-state index contributed by atoms with van der Waals surface area (Å²) in [5.41, 5.74) is 20.4. The Bertz CT molecular complexity index is 4250. The van der Waals surface area contributed by atoms with Crippen LogP contribution in [0.4, 0.5) is 17.1 Å². The summed E-state index contributed by atoms with van der Waals surface area (Å²) in [4.78, 5) is 2.55. The highest BCUT2D eigenvalue weighted by Crippen LogP contribution is 2.64. The van der Waals surface area contributed by atoms with Gasteiger partial charge in [-0.2, -0.15) is 0 Å². The molecule has 72 heavy (non-hydrogen) atoms. The van der Waals surface area contributed by atoms with Crippen LogP contribution in [0.15, 0.2) is 273 Å². The molecule has 0 aromatic heterocycles. The minimum atomic E-state index is -0.525. The Balaban J connectivity index is 1.04. The van der Waals surface area contributed by atoms with Gasteiger partial charge in [-0.3, -0.25) is 0 Å². The first-order valence-corrected chi connectivity index (χ1v) is 25.1. The minimum Gasteiger partial charge on any atom is -0.310 e. The third-order valence-electron chi connectivity index (χ3n) is 15.8. The van der Waals surface area contributed by atoms with E-state index >= 15 is 0 Å². The fourth-order valence-corrected chi connectivity index (χ4v) is 12.8. The maximum absolute atomic E-state index is 2.57. The number of rotatable bonds is 6. The van der Waals surface area contributed by atoms with E-state index in [4.69, 9.17) is 0 Å². The number of hydrogen-bond acceptors (Lipinski definition) is 1. The monoisotopic (exact) mass is 911 g/mol. The molecule has 13 aromatic rings. The van der Waals surface area contributed by atoms with E-state index in [1.807, 2.05) is 0 Å². The van der Waals surface area contributed by atoms with Crippen LogP contribution in [0.1, 0.15) is 22.3 Å². The first-order chi connectivity index (χ1) is 35.7. The number of nitrogens with zero attached hydrogens (tertiary/aromatic N) is 1. The molecule has 334 valence electrons. The van der Waals surface area contributed by atoms with Crippen LogP contribution in [0, 0.1) is 0 Å². The van der Waals surface area contributed by atoms with Crippen LogP contribution in [-0.4, -0.2) is 0 Å². The molecule has 2 aliphatic rings. The van der Waals surface area contributed by atoms with E-state index in [2.05, 4.69) is 278 Å². The maximum Gasteiger partial charge on any atom is 0.0726 e. The third kappa shape index (κ3) is 5.89. The van der Waals surface area contributed by atoms with Gasteiger partial charge in [0.1, 0.15) is 0 Å². The summed E-state index contributed by atoms with van der Waals surface area (Å²) < 4.78 is 0. The van der Waals surface area contributed by atoms with E-state index in [1.54, 1.807) is 0 Å². The quantitative estimate of drug-likeness (QED) is 0.150. The topological polar surface area (TPSA) is 3.24 Å². The van der Waals surface area contributed by atoms with Gasteiger partial charge in [-0.1, -0.05) is 231 Å². The smallest absolute Gasteiger partial charge is 0.0726 e. The van der Waals surface area contributed by atoms with Crippen LogP contribution in [-0.2, 0) is 5.41 Å². The minimum absolute atomic E-state index is 0.525. The lowest BCUT2D eigenvalue weighted by Crippen LogP contribution is -2.26. The molecule has 15 rings (SSSR count). The van der Waals surface area contributed by atoms with Crippen molar-refractivity contribution in [1.82, 2.24) is 0 Å². The van der Waals surface area contributed by atoms with Crippen molar-refractivity contribution in [2.24, 2.45) is 0 Å². The second-order valence-corrected chi connectivity index (χ2v) is 19.5. The number of hydrogen-bond donors (Lipinski definition) is 0. The van der Waals surface area contributed by atoms with E-state index < -0.39 is 5.41 Å². The molecule has 0 N–H and O–H groups in total. The Labute approximate surface area is 419 Å². The summed E-state index contributed by atoms with van der Waals surface area (Å²) in [5, 5.41) is 9.97. The molecule has 1 heteroatoms. The number of fused-ring (bicyclic) bond motifs is 17. The Hall–Kier alpha value is -9.30. The highest BCUT2D eigenvalue weighted by molar-refractivity contribution is 6.26. The predicted octanol–water partition coefficient (Wildman–Crippen LogP) is 19.1. The van der Waals surface area contributed by atoms with E-state index in [0.717, 1.165) is 17.1 Å². The van der Waals surface area contributed by atoms with Crippen LogP contribution in [0.3, 0.4) is 0 Å². The van der Waals surface area contributed by atoms with Crippen molar-refractivity contribution in [2.75, 3.05) is 4.90 Å². The van der Waals surface area contributed by atoms with Gasteiger partial charge in [-0.05, 0) is 158 Å². The molecular weight excluding hydrogens is 867 g/mol. The van der Waals surface area contributed by atoms with Gasteiger partial charge in [0.2, 0.25) is 0 Å². The summed E-state index contributed by atoms with van der Waals surface area (Å²) in [6.07, 6.45) is 0. The summed E-state index contributed by atoms with van der Waals surface area (Å²) >= 11 is 0. The van der Waals surface area contributed by atoms with Crippen molar-refractivity contribution >= 4 is 60.2 Å². The van der Waals surface area contributed by atoms with Crippen molar-refractivity contribution in [1.29, 1.82) is 0 Å². The number of anilines is 3. The van der Waals surface area contributed by atoms with Gasteiger partial charge in [0.25, 0.3) is 0 Å². The maximum atomic E-state index is 2.57. The van der Waals surface area contributed by atoms with E-state index in [0.29, 0.717) is 0 Å². The zero-order valence-electron chi connectivity index (χ0n) is 39.4. The zero-order chi connectivity index (χ0) is 47.3. The Morgan fingerprint density at radius 1 is 0.222 bits per heavy atom. The highest BCUT2D eigenvalue weighted by Gasteiger charge is 2.52. The molecule has 0 bridgehead atoms. The molecule has 0 radical (unpaired) electrons. The Kier molecular flexibility index (Phi) is 8.94. The lowest BCUT2D eigenvalue weighted by Gasteiger charge is -2.33. The molecule has 0 amide bonds. The van der Waals surface area contributed by atoms with Gasteiger partial charge in [0.15, 0.2) is 0 Å². The van der Waals surface area contributed by atoms with Gasteiger partial charge in [0.05, 0.1) is 11.1 Å². The van der Waals surface area contributed by atoms with Gasteiger partial charge in [0, 0.05) is 16.9 Å². The largest absolute Gasteiger partial charge is 0.310 e. The third-order valence-corrected chi connectivity index (χ3v) is 15.8. The lowest BCUT2D eigenvalue weighted by atomic mass is 9.70. The second-order valence-electron chi connectivity index (χ2n) is 19.5. The van der Waals surface area contributed by atoms with Crippen molar-refractivity contribution in [3.63, 3.8) is 0 Å². The van der Waals surface area contributed by atoms with E-state index in [-0.39, 0.29) is 0 Å². The molecule has 0 saturated heterocycles. The molecule has 0 aliphatic heterocycles. The summed E-state index contributed by atoms with van der Waals surface area (Å²) in [6.45, 7) is 0. The Morgan fingerprint density at radius 2 is 0.667 bits per heavy atom.